The molecule has 0 bridgehead atoms. The third kappa shape index (κ3) is 3.28. The Morgan fingerprint density at radius 3 is 2.55 bits per heavy atom. The minimum Gasteiger partial charge on any atom is -0.464 e. The molecule has 0 aliphatic carbocycles. The van der Waals surface area contributed by atoms with Crippen LogP contribution in [0, 0.1) is 0 Å². The quantitative estimate of drug-likeness (QED) is 0.821. The van der Waals surface area contributed by atoms with E-state index in [4.69, 9.17) is 5.73 Å². The number of amides is 1. The molecule has 1 aliphatic rings. The second-order valence-corrected chi connectivity index (χ2v) is 4.92. The van der Waals surface area contributed by atoms with Gasteiger partial charge >= 0.3 is 5.97 Å². The van der Waals surface area contributed by atoms with E-state index in [9.17, 15) is 9.59 Å². The lowest BCUT2D eigenvalue weighted by atomic mass is 10.2. The lowest BCUT2D eigenvalue weighted by Crippen LogP contribution is -2.34. The third-order valence-electron chi connectivity index (χ3n) is 3.42. The number of anilines is 1. The van der Waals surface area contributed by atoms with E-state index in [0.717, 1.165) is 25.9 Å². The summed E-state index contributed by atoms with van der Waals surface area (Å²) in [6.45, 7) is 1.68. The maximum atomic E-state index is 12.2. The first kappa shape index (κ1) is 14.4. The summed E-state index contributed by atoms with van der Waals surface area (Å²) in [6, 6.07) is 0. The van der Waals surface area contributed by atoms with Crippen LogP contribution in [0.3, 0.4) is 0 Å². The highest BCUT2D eigenvalue weighted by Crippen LogP contribution is 2.12. The molecule has 7 heteroatoms. The molecule has 2 heterocycles. The molecule has 0 unspecified atom stereocenters. The summed E-state index contributed by atoms with van der Waals surface area (Å²) < 4.78 is 5.98. The van der Waals surface area contributed by atoms with Crippen LogP contribution in [0.1, 0.15) is 36.2 Å². The summed E-state index contributed by atoms with van der Waals surface area (Å²) in [5.41, 5.74) is 5.96. The number of likely N-dealkylation sites (tertiary alicyclic amines) is 1. The summed E-state index contributed by atoms with van der Waals surface area (Å²) in [6.07, 6.45) is 5.92. The average Bonchev–Trinajstić information content (AvgIpc) is 2.67. The fourth-order valence-electron chi connectivity index (χ4n) is 2.33. The van der Waals surface area contributed by atoms with E-state index < -0.39 is 5.97 Å². The molecule has 7 nitrogen and oxygen atoms in total. The minimum atomic E-state index is -0.594. The van der Waals surface area contributed by atoms with Crippen LogP contribution in [-0.4, -0.2) is 46.8 Å². The molecule has 0 spiro atoms. The van der Waals surface area contributed by atoms with Gasteiger partial charge in [-0.15, -0.1) is 0 Å². The zero-order chi connectivity index (χ0) is 14.5. The highest BCUT2D eigenvalue weighted by molar-refractivity contribution is 5.92. The molecule has 1 aliphatic heterocycles. The van der Waals surface area contributed by atoms with Gasteiger partial charge in [0, 0.05) is 19.3 Å². The first-order chi connectivity index (χ1) is 9.61. The number of nitrogen functional groups attached to an aromatic ring is 1. The number of rotatable bonds is 3. The number of aromatic nitrogens is 2. The fourth-order valence-corrected chi connectivity index (χ4v) is 2.33. The normalized spacial score (nSPS) is 15.8. The maximum Gasteiger partial charge on any atom is 0.360 e. The van der Waals surface area contributed by atoms with E-state index in [1.165, 1.54) is 30.8 Å². The van der Waals surface area contributed by atoms with Crippen molar-refractivity contribution < 1.29 is 14.3 Å². The zero-order valence-corrected chi connectivity index (χ0v) is 11.7. The molecular weight excluding hydrogens is 260 g/mol. The van der Waals surface area contributed by atoms with Crippen LogP contribution < -0.4 is 5.73 Å². The highest BCUT2D eigenvalue weighted by Gasteiger charge is 2.19. The van der Waals surface area contributed by atoms with Crippen LogP contribution in [0.25, 0.3) is 0 Å². The first-order valence-corrected chi connectivity index (χ1v) is 6.81. The number of hydrogen-bond donors (Lipinski definition) is 1. The van der Waals surface area contributed by atoms with Crippen LogP contribution in [-0.2, 0) is 16.1 Å². The molecule has 1 aromatic heterocycles. The van der Waals surface area contributed by atoms with Crippen molar-refractivity contribution in [2.75, 3.05) is 25.9 Å². The van der Waals surface area contributed by atoms with Crippen molar-refractivity contribution in [1.29, 1.82) is 0 Å². The molecular formula is C13H20N4O3. The molecule has 20 heavy (non-hydrogen) atoms. The first-order valence-electron chi connectivity index (χ1n) is 6.81. The number of carbonyl (C=O) groups is 2. The molecule has 110 valence electrons. The SMILES string of the molecule is COC(=O)c1nn(CC(=O)N2CCCCCC2)cc1N. The van der Waals surface area contributed by atoms with Crippen LogP contribution in [0.5, 0.6) is 0 Å². The highest BCUT2D eigenvalue weighted by atomic mass is 16.5. The van der Waals surface area contributed by atoms with Crippen molar-refractivity contribution in [1.82, 2.24) is 14.7 Å². The Labute approximate surface area is 117 Å². The number of hydrogen-bond acceptors (Lipinski definition) is 5. The van der Waals surface area contributed by atoms with Gasteiger partial charge in [-0.05, 0) is 12.8 Å². The van der Waals surface area contributed by atoms with Gasteiger partial charge in [0.05, 0.1) is 12.8 Å². The second-order valence-electron chi connectivity index (χ2n) is 4.92. The van der Waals surface area contributed by atoms with Crippen molar-refractivity contribution in [2.45, 2.75) is 32.2 Å². The number of nitrogens with two attached hydrogens (primary N) is 1. The molecule has 0 atom stereocenters. The van der Waals surface area contributed by atoms with Gasteiger partial charge in [0.1, 0.15) is 6.54 Å². The molecule has 2 N–H and O–H groups in total. The van der Waals surface area contributed by atoms with E-state index in [-0.39, 0.29) is 23.8 Å². The predicted octanol–water partition coefficient (Wildman–Crippen LogP) is 0.654. The number of nitrogens with zero attached hydrogens (tertiary/aromatic N) is 3. The van der Waals surface area contributed by atoms with Crippen molar-refractivity contribution in [3.63, 3.8) is 0 Å². The molecule has 1 saturated heterocycles. The number of esters is 1. The number of methoxy groups -OCH3 is 1. The van der Waals surface area contributed by atoms with Gasteiger partial charge < -0.3 is 15.4 Å². The van der Waals surface area contributed by atoms with Crippen LogP contribution in [0.15, 0.2) is 6.20 Å². The smallest absolute Gasteiger partial charge is 0.360 e. The van der Waals surface area contributed by atoms with E-state index in [1.807, 2.05) is 4.90 Å². The fraction of sp³-hybridized carbons (Fsp3) is 0.615. The molecule has 1 fully saturated rings. The summed E-state index contributed by atoms with van der Waals surface area (Å²) in [5.74, 6) is -0.589. The van der Waals surface area contributed by atoms with Crippen molar-refractivity contribution in [3.05, 3.63) is 11.9 Å². The average molecular weight is 280 g/mol. The Kier molecular flexibility index (Phi) is 4.60. The van der Waals surface area contributed by atoms with Crippen LogP contribution in [0.4, 0.5) is 5.69 Å². The van der Waals surface area contributed by atoms with Gasteiger partial charge in [0.25, 0.3) is 0 Å². The van der Waals surface area contributed by atoms with Gasteiger partial charge in [0.2, 0.25) is 5.91 Å². The molecule has 0 saturated carbocycles. The van der Waals surface area contributed by atoms with Crippen molar-refractivity contribution in [3.8, 4) is 0 Å². The van der Waals surface area contributed by atoms with Crippen LogP contribution in [0.2, 0.25) is 0 Å². The molecule has 2 rings (SSSR count). The lowest BCUT2D eigenvalue weighted by molar-refractivity contribution is -0.132. The van der Waals surface area contributed by atoms with Gasteiger partial charge in [-0.3, -0.25) is 9.48 Å². The Morgan fingerprint density at radius 1 is 1.30 bits per heavy atom. The number of ether oxygens (including phenoxy) is 1. The largest absolute Gasteiger partial charge is 0.464 e. The van der Waals surface area contributed by atoms with Gasteiger partial charge in [0.15, 0.2) is 5.69 Å². The minimum absolute atomic E-state index is 0.00539. The van der Waals surface area contributed by atoms with E-state index in [0.29, 0.717) is 0 Å². The predicted molar refractivity (Wildman–Crippen MR) is 73.0 cm³/mol. The van der Waals surface area contributed by atoms with Crippen molar-refractivity contribution in [2.24, 2.45) is 0 Å². The summed E-state index contributed by atoms with van der Waals surface area (Å²) in [5, 5.41) is 4.01. The molecule has 1 aromatic rings. The molecule has 0 aromatic carbocycles. The van der Waals surface area contributed by atoms with E-state index in [1.54, 1.807) is 0 Å². The summed E-state index contributed by atoms with van der Waals surface area (Å²) in [7, 11) is 1.27. The third-order valence-corrected chi connectivity index (χ3v) is 3.42. The van der Waals surface area contributed by atoms with Crippen LogP contribution >= 0.6 is 0 Å². The Bertz CT molecular complexity index is 490. The topological polar surface area (TPSA) is 90.4 Å². The Hall–Kier alpha value is -2.05. The Balaban J connectivity index is 2.02. The van der Waals surface area contributed by atoms with Gasteiger partial charge in [-0.25, -0.2) is 4.79 Å². The van der Waals surface area contributed by atoms with Gasteiger partial charge in [-0.1, -0.05) is 12.8 Å². The Morgan fingerprint density at radius 2 is 1.95 bits per heavy atom. The maximum absolute atomic E-state index is 12.2. The number of carbonyl (C=O) groups excluding carboxylic acids is 2. The van der Waals surface area contributed by atoms with E-state index >= 15 is 0 Å². The monoisotopic (exact) mass is 280 g/mol. The van der Waals surface area contributed by atoms with E-state index in [2.05, 4.69) is 9.84 Å². The second kappa shape index (κ2) is 6.40. The standard InChI is InChI=1S/C13H20N4O3/c1-20-13(19)12-10(14)8-17(15-12)9-11(18)16-6-4-2-3-5-7-16/h8H,2-7,9,14H2,1H3. The molecule has 1 amide bonds. The molecule has 0 radical (unpaired) electrons. The van der Waals surface area contributed by atoms with Crippen molar-refractivity contribution >= 4 is 17.6 Å². The lowest BCUT2D eigenvalue weighted by Gasteiger charge is -2.20. The van der Waals surface area contributed by atoms with Gasteiger partial charge in [-0.2, -0.15) is 5.10 Å². The zero-order valence-electron chi connectivity index (χ0n) is 11.7. The summed E-state index contributed by atoms with van der Waals surface area (Å²) >= 11 is 0. The summed E-state index contributed by atoms with van der Waals surface area (Å²) in [4.78, 5) is 25.4.